The largest absolute Gasteiger partial charge is 0.419 e. The fraction of sp³-hybridized carbons (Fsp3) is 0.182. The van der Waals surface area contributed by atoms with Crippen molar-refractivity contribution in [2.45, 2.75) is 13.1 Å². The number of hydrogen-bond donors (Lipinski definition) is 0. The molecular weight excluding hydrogens is 254 g/mol. The van der Waals surface area contributed by atoms with Gasteiger partial charge in [-0.15, -0.1) is 11.3 Å². The normalized spacial score (nSPS) is 11.8. The summed E-state index contributed by atoms with van der Waals surface area (Å²) in [4.78, 5) is 4.08. The lowest BCUT2D eigenvalue weighted by Crippen LogP contribution is -2.07. The molecule has 0 aliphatic heterocycles. The highest BCUT2D eigenvalue weighted by Gasteiger charge is 2.33. The van der Waals surface area contributed by atoms with E-state index in [9.17, 15) is 17.6 Å². The Balaban J connectivity index is 2.44. The highest BCUT2D eigenvalue weighted by Crippen LogP contribution is 2.33. The minimum atomic E-state index is -4.67. The Kier molecular flexibility index (Phi) is 2.91. The molecule has 0 unspecified atom stereocenters. The van der Waals surface area contributed by atoms with E-state index in [0.29, 0.717) is 11.3 Å². The van der Waals surface area contributed by atoms with Gasteiger partial charge in [0.15, 0.2) is 0 Å². The fourth-order valence-electron chi connectivity index (χ4n) is 1.40. The van der Waals surface area contributed by atoms with Crippen molar-refractivity contribution in [3.8, 4) is 11.3 Å². The highest BCUT2D eigenvalue weighted by molar-refractivity contribution is 7.09. The maximum Gasteiger partial charge on any atom is 0.419 e. The third-order valence-corrected chi connectivity index (χ3v) is 2.96. The van der Waals surface area contributed by atoms with Crippen molar-refractivity contribution in [3.63, 3.8) is 0 Å². The van der Waals surface area contributed by atoms with Crippen molar-refractivity contribution in [3.05, 3.63) is 40.0 Å². The molecule has 90 valence electrons. The monoisotopic (exact) mass is 261 g/mol. The summed E-state index contributed by atoms with van der Waals surface area (Å²) in [7, 11) is 0. The fourth-order valence-corrected chi connectivity index (χ4v) is 2.02. The van der Waals surface area contributed by atoms with Crippen molar-refractivity contribution in [2.24, 2.45) is 0 Å². The van der Waals surface area contributed by atoms with Crippen molar-refractivity contribution in [1.29, 1.82) is 0 Å². The topological polar surface area (TPSA) is 12.9 Å². The average molecular weight is 261 g/mol. The molecule has 1 heterocycles. The van der Waals surface area contributed by atoms with Crippen LogP contribution in [0.25, 0.3) is 11.3 Å². The quantitative estimate of drug-likeness (QED) is 0.698. The SMILES string of the molecule is Cc1nc(-c2ccc(C(F)(F)F)c(F)c2)cs1. The highest BCUT2D eigenvalue weighted by atomic mass is 32.1. The van der Waals surface area contributed by atoms with Crippen LogP contribution in [0.1, 0.15) is 10.6 Å². The Morgan fingerprint density at radius 2 is 1.94 bits per heavy atom. The van der Waals surface area contributed by atoms with E-state index >= 15 is 0 Å². The summed E-state index contributed by atoms with van der Waals surface area (Å²) in [5.41, 5.74) is -0.423. The number of alkyl halides is 3. The summed E-state index contributed by atoms with van der Waals surface area (Å²) in [6, 6.07) is 2.82. The third kappa shape index (κ3) is 2.46. The second-order valence-corrected chi connectivity index (χ2v) is 4.51. The van der Waals surface area contributed by atoms with Crippen molar-refractivity contribution in [1.82, 2.24) is 4.98 Å². The number of aromatic nitrogens is 1. The number of thiazole rings is 1. The van der Waals surface area contributed by atoms with Crippen LogP contribution in [0, 0.1) is 12.7 Å². The van der Waals surface area contributed by atoms with Crippen LogP contribution in [-0.2, 0) is 6.18 Å². The maximum absolute atomic E-state index is 13.3. The van der Waals surface area contributed by atoms with E-state index in [1.807, 2.05) is 0 Å². The van der Waals surface area contributed by atoms with E-state index in [-0.39, 0.29) is 0 Å². The summed E-state index contributed by atoms with van der Waals surface area (Å²) >= 11 is 1.36. The van der Waals surface area contributed by atoms with Gasteiger partial charge in [0.25, 0.3) is 0 Å². The van der Waals surface area contributed by atoms with Crippen molar-refractivity contribution < 1.29 is 17.6 Å². The zero-order valence-electron chi connectivity index (χ0n) is 8.68. The Bertz CT molecular complexity index is 545. The Labute approximate surface area is 98.7 Å². The van der Waals surface area contributed by atoms with E-state index < -0.39 is 17.6 Å². The van der Waals surface area contributed by atoms with Crippen molar-refractivity contribution in [2.75, 3.05) is 0 Å². The van der Waals surface area contributed by atoms with Gasteiger partial charge in [0.05, 0.1) is 16.3 Å². The van der Waals surface area contributed by atoms with Crippen LogP contribution in [0.5, 0.6) is 0 Å². The summed E-state index contributed by atoms with van der Waals surface area (Å²) < 4.78 is 50.3. The van der Waals surface area contributed by atoms with E-state index in [2.05, 4.69) is 4.98 Å². The van der Waals surface area contributed by atoms with Gasteiger partial charge in [0, 0.05) is 10.9 Å². The summed E-state index contributed by atoms with van der Waals surface area (Å²) in [5, 5.41) is 2.46. The van der Waals surface area contributed by atoms with Crippen LogP contribution in [0.3, 0.4) is 0 Å². The Morgan fingerprint density at radius 3 is 2.41 bits per heavy atom. The smallest absolute Gasteiger partial charge is 0.242 e. The number of aryl methyl sites for hydroxylation is 1. The average Bonchev–Trinajstić information content (AvgIpc) is 2.62. The molecule has 1 nitrogen and oxygen atoms in total. The van der Waals surface area contributed by atoms with Crippen LogP contribution >= 0.6 is 11.3 Å². The second-order valence-electron chi connectivity index (χ2n) is 3.44. The van der Waals surface area contributed by atoms with Gasteiger partial charge >= 0.3 is 6.18 Å². The third-order valence-electron chi connectivity index (χ3n) is 2.19. The van der Waals surface area contributed by atoms with Gasteiger partial charge in [0.2, 0.25) is 0 Å². The molecule has 1 aromatic heterocycles. The summed E-state index contributed by atoms with van der Waals surface area (Å²) in [6.07, 6.45) is -4.67. The van der Waals surface area contributed by atoms with Gasteiger partial charge in [-0.3, -0.25) is 0 Å². The van der Waals surface area contributed by atoms with Crippen LogP contribution < -0.4 is 0 Å². The molecule has 17 heavy (non-hydrogen) atoms. The minimum Gasteiger partial charge on any atom is -0.242 e. The van der Waals surface area contributed by atoms with Gasteiger partial charge in [-0.2, -0.15) is 13.2 Å². The van der Waals surface area contributed by atoms with Gasteiger partial charge in [0.1, 0.15) is 5.82 Å². The van der Waals surface area contributed by atoms with Crippen LogP contribution in [0.4, 0.5) is 17.6 Å². The Hall–Kier alpha value is -1.43. The lowest BCUT2D eigenvalue weighted by Gasteiger charge is -2.08. The molecule has 0 aliphatic carbocycles. The number of hydrogen-bond acceptors (Lipinski definition) is 2. The van der Waals surface area contributed by atoms with Crippen LogP contribution in [0.15, 0.2) is 23.6 Å². The van der Waals surface area contributed by atoms with Crippen LogP contribution in [-0.4, -0.2) is 4.98 Å². The summed E-state index contributed by atoms with van der Waals surface area (Å²) in [5.74, 6) is -1.28. The molecule has 0 saturated carbocycles. The molecule has 0 amide bonds. The molecule has 2 aromatic rings. The zero-order chi connectivity index (χ0) is 12.6. The second kappa shape index (κ2) is 4.10. The number of rotatable bonds is 1. The van der Waals surface area contributed by atoms with E-state index in [1.54, 1.807) is 12.3 Å². The van der Waals surface area contributed by atoms with E-state index in [0.717, 1.165) is 17.1 Å². The standard InChI is InChI=1S/C11H7F4NS/c1-6-16-10(5-17-6)7-2-3-8(9(12)4-7)11(13,14)15/h2-5H,1H3. The first kappa shape index (κ1) is 12.0. The number of benzene rings is 1. The van der Waals surface area contributed by atoms with E-state index in [1.165, 1.54) is 17.4 Å². The maximum atomic E-state index is 13.3. The van der Waals surface area contributed by atoms with E-state index in [4.69, 9.17) is 0 Å². The lowest BCUT2D eigenvalue weighted by molar-refractivity contribution is -0.139. The molecule has 0 radical (unpaired) electrons. The minimum absolute atomic E-state index is 0.347. The number of halogens is 4. The molecule has 0 atom stereocenters. The molecule has 0 saturated heterocycles. The molecule has 0 fully saturated rings. The molecule has 0 N–H and O–H groups in total. The first-order chi connectivity index (χ1) is 7.88. The van der Waals surface area contributed by atoms with Gasteiger partial charge < -0.3 is 0 Å². The zero-order valence-corrected chi connectivity index (χ0v) is 9.49. The number of nitrogens with zero attached hydrogens (tertiary/aromatic N) is 1. The van der Waals surface area contributed by atoms with Gasteiger partial charge in [-0.1, -0.05) is 6.07 Å². The van der Waals surface area contributed by atoms with Gasteiger partial charge in [-0.25, -0.2) is 9.37 Å². The first-order valence-electron chi connectivity index (χ1n) is 4.67. The van der Waals surface area contributed by atoms with Gasteiger partial charge in [-0.05, 0) is 19.1 Å². The predicted octanol–water partition coefficient (Wildman–Crippen LogP) is 4.28. The van der Waals surface area contributed by atoms with Crippen LogP contribution in [0.2, 0.25) is 0 Å². The molecule has 2 rings (SSSR count). The first-order valence-corrected chi connectivity index (χ1v) is 5.55. The summed E-state index contributed by atoms with van der Waals surface area (Å²) in [6.45, 7) is 1.77. The molecular formula is C11H7F4NS. The Morgan fingerprint density at radius 1 is 1.24 bits per heavy atom. The predicted molar refractivity (Wildman–Crippen MR) is 57.2 cm³/mol. The molecule has 0 bridgehead atoms. The van der Waals surface area contributed by atoms with Crippen molar-refractivity contribution >= 4 is 11.3 Å². The molecule has 0 aliphatic rings. The molecule has 1 aromatic carbocycles. The lowest BCUT2D eigenvalue weighted by atomic mass is 10.1. The molecule has 6 heteroatoms. The molecule has 0 spiro atoms.